The van der Waals surface area contributed by atoms with Gasteiger partial charge in [-0.15, -0.1) is 0 Å². The highest BCUT2D eigenvalue weighted by atomic mass is 16.1. The molecular weight excluding hydrogens is 617 g/mol. The van der Waals surface area contributed by atoms with Crippen LogP contribution in [0.5, 0.6) is 0 Å². The second-order valence-corrected chi connectivity index (χ2v) is 12.3. The van der Waals surface area contributed by atoms with Crippen molar-refractivity contribution in [3.8, 4) is 39.9 Å². The molecule has 0 aliphatic carbocycles. The molecule has 0 radical (unpaired) electrons. The van der Waals surface area contributed by atoms with Crippen molar-refractivity contribution in [1.82, 2.24) is 28.9 Å². The topological polar surface area (TPSA) is 78.0 Å². The van der Waals surface area contributed by atoms with Crippen LogP contribution >= 0.6 is 0 Å². The SMILES string of the molecule is O=c1c2ccccc2c2c(c3cc(-c4nc(-c5ccccc5)nc(-c5ccccc5)n4)ccc3n3c4ccccc4nc23)n1-c1ccccc1. The zero-order valence-corrected chi connectivity index (χ0v) is 26.6. The molecule has 0 aliphatic rings. The summed E-state index contributed by atoms with van der Waals surface area (Å²) in [5.41, 5.74) is 7.64. The molecular formula is C43H26N6O. The summed E-state index contributed by atoms with van der Waals surface area (Å²) in [6, 6.07) is 52.0. The normalized spacial score (nSPS) is 11.7. The summed E-state index contributed by atoms with van der Waals surface area (Å²) in [5.74, 6) is 1.71. The molecule has 0 bridgehead atoms. The molecule has 0 aliphatic heterocycles. The maximum Gasteiger partial charge on any atom is 0.263 e. The van der Waals surface area contributed by atoms with E-state index >= 15 is 0 Å². The highest BCUT2D eigenvalue weighted by Crippen LogP contribution is 2.38. The lowest BCUT2D eigenvalue weighted by Gasteiger charge is -2.18. The average Bonchev–Trinajstić information content (AvgIpc) is 3.58. The van der Waals surface area contributed by atoms with Crippen molar-refractivity contribution in [2.24, 2.45) is 0 Å². The van der Waals surface area contributed by atoms with Gasteiger partial charge in [-0.2, -0.15) is 0 Å². The number of nitrogens with zero attached hydrogens (tertiary/aromatic N) is 6. The summed E-state index contributed by atoms with van der Waals surface area (Å²) in [5, 5.41) is 3.26. The van der Waals surface area contributed by atoms with Crippen molar-refractivity contribution < 1.29 is 0 Å². The molecule has 0 N–H and O–H groups in total. The second-order valence-electron chi connectivity index (χ2n) is 12.3. The zero-order chi connectivity index (χ0) is 33.2. The fourth-order valence-electron chi connectivity index (χ4n) is 7.09. The van der Waals surface area contributed by atoms with Crippen LogP contribution in [0.1, 0.15) is 0 Å². The maximum atomic E-state index is 14.6. The Balaban J connectivity index is 1.38. The molecule has 0 spiro atoms. The Kier molecular flexibility index (Phi) is 6.19. The maximum absolute atomic E-state index is 14.6. The van der Waals surface area contributed by atoms with Gasteiger partial charge in [0.25, 0.3) is 5.56 Å². The van der Waals surface area contributed by atoms with E-state index < -0.39 is 0 Å². The Morgan fingerprint density at radius 2 is 1.00 bits per heavy atom. The lowest BCUT2D eigenvalue weighted by atomic mass is 10.0. The van der Waals surface area contributed by atoms with E-state index in [0.717, 1.165) is 66.3 Å². The minimum absolute atomic E-state index is 0.0932. The predicted molar refractivity (Wildman–Crippen MR) is 201 cm³/mol. The van der Waals surface area contributed by atoms with Gasteiger partial charge in [0.2, 0.25) is 0 Å². The van der Waals surface area contributed by atoms with Gasteiger partial charge >= 0.3 is 0 Å². The molecule has 4 aromatic heterocycles. The van der Waals surface area contributed by atoms with Gasteiger partial charge in [-0.1, -0.05) is 109 Å². The molecule has 6 aromatic carbocycles. The summed E-state index contributed by atoms with van der Waals surface area (Å²) in [7, 11) is 0. The summed E-state index contributed by atoms with van der Waals surface area (Å²) in [4.78, 5) is 34.7. The summed E-state index contributed by atoms with van der Waals surface area (Å²) in [6.07, 6.45) is 0. The van der Waals surface area contributed by atoms with Crippen LogP contribution in [0, 0.1) is 0 Å². The molecule has 50 heavy (non-hydrogen) atoms. The van der Waals surface area contributed by atoms with E-state index in [0.29, 0.717) is 22.9 Å². The Bertz CT molecular complexity index is 2930. The number of benzene rings is 6. The quantitative estimate of drug-likeness (QED) is 0.179. The first-order valence-electron chi connectivity index (χ1n) is 16.5. The number of fused-ring (bicyclic) bond motifs is 10. The fraction of sp³-hybridized carbons (Fsp3) is 0. The number of pyridine rings is 2. The number of rotatable bonds is 4. The first-order valence-corrected chi connectivity index (χ1v) is 16.5. The van der Waals surface area contributed by atoms with Crippen molar-refractivity contribution in [2.45, 2.75) is 0 Å². The van der Waals surface area contributed by atoms with Gasteiger partial charge in [-0.25, -0.2) is 19.9 Å². The third-order valence-corrected chi connectivity index (χ3v) is 9.34. The monoisotopic (exact) mass is 642 g/mol. The van der Waals surface area contributed by atoms with Gasteiger partial charge in [0, 0.05) is 38.5 Å². The van der Waals surface area contributed by atoms with Crippen LogP contribution in [-0.4, -0.2) is 28.9 Å². The minimum Gasteiger partial charge on any atom is -0.292 e. The Morgan fingerprint density at radius 3 is 1.68 bits per heavy atom. The van der Waals surface area contributed by atoms with Crippen molar-refractivity contribution >= 4 is 49.3 Å². The third-order valence-electron chi connectivity index (χ3n) is 9.34. The van der Waals surface area contributed by atoms with Crippen LogP contribution in [0.4, 0.5) is 0 Å². The van der Waals surface area contributed by atoms with E-state index in [1.165, 1.54) is 0 Å². The highest BCUT2D eigenvalue weighted by Gasteiger charge is 2.22. The largest absolute Gasteiger partial charge is 0.292 e. The van der Waals surface area contributed by atoms with Gasteiger partial charge in [0.05, 0.1) is 27.5 Å². The van der Waals surface area contributed by atoms with Crippen molar-refractivity contribution in [3.63, 3.8) is 0 Å². The molecule has 0 unspecified atom stereocenters. The first kappa shape index (κ1) is 28.1. The zero-order valence-electron chi connectivity index (χ0n) is 26.6. The van der Waals surface area contributed by atoms with Crippen molar-refractivity contribution in [3.05, 3.63) is 168 Å². The lowest BCUT2D eigenvalue weighted by Crippen LogP contribution is -2.20. The van der Waals surface area contributed by atoms with Crippen molar-refractivity contribution in [2.75, 3.05) is 0 Å². The number of hydrogen-bond acceptors (Lipinski definition) is 5. The van der Waals surface area contributed by atoms with Gasteiger partial charge in [0.15, 0.2) is 17.5 Å². The van der Waals surface area contributed by atoms with Crippen LogP contribution in [0.3, 0.4) is 0 Å². The van der Waals surface area contributed by atoms with E-state index in [1.807, 2.05) is 144 Å². The van der Waals surface area contributed by atoms with Gasteiger partial charge < -0.3 is 0 Å². The van der Waals surface area contributed by atoms with E-state index in [-0.39, 0.29) is 5.56 Å². The molecule has 10 rings (SSSR count). The van der Waals surface area contributed by atoms with Gasteiger partial charge in [-0.05, 0) is 48.5 Å². The van der Waals surface area contributed by atoms with Crippen LogP contribution in [0.15, 0.2) is 163 Å². The number of para-hydroxylation sites is 3. The van der Waals surface area contributed by atoms with E-state index in [1.54, 1.807) is 0 Å². The van der Waals surface area contributed by atoms with E-state index in [4.69, 9.17) is 19.9 Å². The Morgan fingerprint density at radius 1 is 0.440 bits per heavy atom. The summed E-state index contributed by atoms with van der Waals surface area (Å²) < 4.78 is 4.04. The van der Waals surface area contributed by atoms with Gasteiger partial charge in [-0.3, -0.25) is 13.8 Å². The molecule has 0 saturated heterocycles. The average molecular weight is 643 g/mol. The number of aromatic nitrogens is 6. The molecule has 0 amide bonds. The fourth-order valence-corrected chi connectivity index (χ4v) is 7.09. The number of imidazole rings is 1. The smallest absolute Gasteiger partial charge is 0.263 e. The summed E-state index contributed by atoms with van der Waals surface area (Å²) in [6.45, 7) is 0. The van der Waals surface area contributed by atoms with Crippen molar-refractivity contribution in [1.29, 1.82) is 0 Å². The molecule has 234 valence electrons. The van der Waals surface area contributed by atoms with Crippen LogP contribution in [0.2, 0.25) is 0 Å². The van der Waals surface area contributed by atoms with E-state index in [9.17, 15) is 4.79 Å². The van der Waals surface area contributed by atoms with Crippen LogP contribution in [0.25, 0.3) is 89.1 Å². The molecule has 7 heteroatoms. The molecule has 4 heterocycles. The standard InChI is InChI=1S/C43H26N6O/c50-43-32-21-11-10-20-31(32)37-38(48(43)30-18-8-3-9-19-30)33-26-29(24-25-35(33)49-36-23-13-12-22-34(36)44-42(37)49)41-46-39(27-14-4-1-5-15-27)45-40(47-41)28-16-6-2-7-17-28/h1-26H. The van der Waals surface area contributed by atoms with E-state index in [2.05, 4.69) is 22.6 Å². The second kappa shape index (κ2) is 11.0. The Hall–Kier alpha value is -6.99. The molecule has 0 atom stereocenters. The molecule has 10 aromatic rings. The summed E-state index contributed by atoms with van der Waals surface area (Å²) >= 11 is 0. The Labute approximate surface area is 285 Å². The molecule has 0 fully saturated rings. The lowest BCUT2D eigenvalue weighted by molar-refractivity contribution is 1.06. The minimum atomic E-state index is -0.0932. The van der Waals surface area contributed by atoms with Crippen LogP contribution < -0.4 is 5.56 Å². The first-order chi connectivity index (χ1) is 24.7. The number of hydrogen-bond donors (Lipinski definition) is 0. The predicted octanol–water partition coefficient (Wildman–Crippen LogP) is 9.28. The molecule has 0 saturated carbocycles. The van der Waals surface area contributed by atoms with Crippen LogP contribution in [-0.2, 0) is 0 Å². The third kappa shape index (κ3) is 4.27. The van der Waals surface area contributed by atoms with Gasteiger partial charge in [0.1, 0.15) is 5.65 Å². The molecule has 7 nitrogen and oxygen atoms in total. The highest BCUT2D eigenvalue weighted by molar-refractivity contribution is 6.22.